The van der Waals surface area contributed by atoms with Gasteiger partial charge in [-0.05, 0) is 42.8 Å². The Hall–Kier alpha value is 0.140. The van der Waals surface area contributed by atoms with Crippen LogP contribution in [0.15, 0.2) is 10.5 Å². The second-order valence-electron chi connectivity index (χ2n) is 3.09. The zero-order valence-corrected chi connectivity index (χ0v) is 9.21. The van der Waals surface area contributed by atoms with Gasteiger partial charge in [-0.25, -0.2) is 0 Å². The van der Waals surface area contributed by atoms with Crippen LogP contribution in [0.3, 0.4) is 0 Å². The summed E-state index contributed by atoms with van der Waals surface area (Å²) in [7, 11) is 0. The first-order valence-corrected chi connectivity index (χ1v) is 5.01. The van der Waals surface area contributed by atoms with Crippen LogP contribution in [0, 0.1) is 6.92 Å². The topological polar surface area (TPSA) is 20.2 Å². The molecule has 1 aromatic rings. The highest BCUT2D eigenvalue weighted by Crippen LogP contribution is 2.35. The van der Waals surface area contributed by atoms with Gasteiger partial charge in [0.15, 0.2) is 0 Å². The van der Waals surface area contributed by atoms with Crippen molar-refractivity contribution in [2.75, 3.05) is 0 Å². The number of halogens is 1. The van der Waals surface area contributed by atoms with Gasteiger partial charge in [-0.3, -0.25) is 0 Å². The van der Waals surface area contributed by atoms with E-state index in [9.17, 15) is 5.11 Å². The monoisotopic (exact) mass is 234 g/mol. The molecule has 0 aliphatic rings. The molecule has 0 aromatic carbocycles. The van der Waals surface area contributed by atoms with Crippen LogP contribution < -0.4 is 0 Å². The Labute approximate surface area is 79.2 Å². The fourth-order valence-electron chi connectivity index (χ4n) is 0.900. The summed E-state index contributed by atoms with van der Waals surface area (Å²) >= 11 is 5.03. The Kier molecular flexibility index (Phi) is 2.42. The molecular formula is C8H11BrOS. The van der Waals surface area contributed by atoms with Crippen molar-refractivity contribution in [2.45, 2.75) is 26.4 Å². The summed E-state index contributed by atoms with van der Waals surface area (Å²) in [5, 5.41) is 9.66. The number of hydrogen-bond acceptors (Lipinski definition) is 2. The van der Waals surface area contributed by atoms with Crippen molar-refractivity contribution in [2.24, 2.45) is 0 Å². The molecule has 1 heterocycles. The van der Waals surface area contributed by atoms with Gasteiger partial charge in [0.25, 0.3) is 0 Å². The van der Waals surface area contributed by atoms with Crippen molar-refractivity contribution in [3.63, 3.8) is 0 Å². The third-order valence-electron chi connectivity index (χ3n) is 1.37. The minimum atomic E-state index is -0.724. The maximum atomic E-state index is 9.66. The molecule has 62 valence electrons. The van der Waals surface area contributed by atoms with Gasteiger partial charge in [0.05, 0.1) is 5.60 Å². The van der Waals surface area contributed by atoms with Crippen molar-refractivity contribution in [3.05, 3.63) is 20.3 Å². The Bertz CT molecular complexity index is 260. The highest BCUT2D eigenvalue weighted by atomic mass is 79.9. The normalized spacial score (nSPS) is 12.1. The zero-order chi connectivity index (χ0) is 8.65. The van der Waals surface area contributed by atoms with Gasteiger partial charge in [0.1, 0.15) is 0 Å². The molecule has 3 heteroatoms. The van der Waals surface area contributed by atoms with Gasteiger partial charge in [-0.15, -0.1) is 11.3 Å². The molecule has 0 spiro atoms. The number of hydrogen-bond donors (Lipinski definition) is 1. The second-order valence-corrected chi connectivity index (χ2v) is 5.20. The Morgan fingerprint density at radius 1 is 1.55 bits per heavy atom. The number of thiophene rings is 1. The summed E-state index contributed by atoms with van der Waals surface area (Å²) in [5.74, 6) is 0. The first-order chi connectivity index (χ1) is 4.91. The fourth-order valence-corrected chi connectivity index (χ4v) is 3.03. The number of aryl methyl sites for hydroxylation is 1. The molecule has 0 saturated carbocycles. The van der Waals surface area contributed by atoms with Crippen LogP contribution in [0.2, 0.25) is 0 Å². The van der Waals surface area contributed by atoms with Crippen molar-refractivity contribution >= 4 is 27.3 Å². The van der Waals surface area contributed by atoms with Gasteiger partial charge in [0.2, 0.25) is 0 Å². The van der Waals surface area contributed by atoms with Gasteiger partial charge in [0, 0.05) is 14.2 Å². The molecule has 1 aromatic heterocycles. The van der Waals surface area contributed by atoms with Gasteiger partial charge < -0.3 is 5.11 Å². The van der Waals surface area contributed by atoms with E-state index in [0.717, 1.165) is 9.35 Å². The minimum absolute atomic E-state index is 0.724. The molecule has 0 radical (unpaired) electrons. The molecule has 0 amide bonds. The van der Waals surface area contributed by atoms with Crippen LogP contribution >= 0.6 is 27.3 Å². The van der Waals surface area contributed by atoms with E-state index >= 15 is 0 Å². The van der Waals surface area contributed by atoms with Gasteiger partial charge in [-0.2, -0.15) is 0 Å². The first kappa shape index (κ1) is 9.23. The van der Waals surface area contributed by atoms with Crippen LogP contribution in [0.5, 0.6) is 0 Å². The lowest BCUT2D eigenvalue weighted by Crippen LogP contribution is -2.13. The molecule has 0 unspecified atom stereocenters. The lowest BCUT2D eigenvalue weighted by molar-refractivity contribution is 0.0819. The molecule has 11 heavy (non-hydrogen) atoms. The van der Waals surface area contributed by atoms with Gasteiger partial charge in [-0.1, -0.05) is 0 Å². The highest BCUT2D eigenvalue weighted by Gasteiger charge is 2.21. The van der Waals surface area contributed by atoms with E-state index in [4.69, 9.17) is 0 Å². The minimum Gasteiger partial charge on any atom is -0.385 e. The smallest absolute Gasteiger partial charge is 0.0943 e. The van der Waals surface area contributed by atoms with Crippen LogP contribution in [0.4, 0.5) is 0 Å². The average molecular weight is 235 g/mol. The predicted molar refractivity (Wildman–Crippen MR) is 52.0 cm³/mol. The number of aliphatic hydroxyl groups is 1. The molecule has 0 saturated heterocycles. The van der Waals surface area contributed by atoms with E-state index in [2.05, 4.69) is 15.9 Å². The van der Waals surface area contributed by atoms with Crippen LogP contribution in [-0.2, 0) is 5.60 Å². The summed E-state index contributed by atoms with van der Waals surface area (Å²) in [6.07, 6.45) is 0. The van der Waals surface area contributed by atoms with Crippen LogP contribution in [-0.4, -0.2) is 5.11 Å². The van der Waals surface area contributed by atoms with Crippen molar-refractivity contribution in [1.29, 1.82) is 0 Å². The zero-order valence-electron chi connectivity index (χ0n) is 6.81. The summed E-state index contributed by atoms with van der Waals surface area (Å²) in [6, 6.07) is 2.03. The van der Waals surface area contributed by atoms with E-state index in [0.29, 0.717) is 0 Å². The highest BCUT2D eigenvalue weighted by molar-refractivity contribution is 9.10. The molecule has 0 aliphatic heterocycles. The van der Waals surface area contributed by atoms with Crippen molar-refractivity contribution < 1.29 is 5.11 Å². The van der Waals surface area contributed by atoms with Crippen molar-refractivity contribution in [1.82, 2.24) is 0 Å². The largest absolute Gasteiger partial charge is 0.385 e. The lowest BCUT2D eigenvalue weighted by atomic mass is 10.1. The fraction of sp³-hybridized carbons (Fsp3) is 0.500. The van der Waals surface area contributed by atoms with Crippen LogP contribution in [0.25, 0.3) is 0 Å². The first-order valence-electron chi connectivity index (χ1n) is 3.40. The van der Waals surface area contributed by atoms with E-state index < -0.39 is 5.60 Å². The molecule has 1 N–H and O–H groups in total. The van der Waals surface area contributed by atoms with E-state index in [1.807, 2.05) is 13.0 Å². The van der Waals surface area contributed by atoms with Gasteiger partial charge >= 0.3 is 0 Å². The SMILES string of the molecule is Cc1cc(Br)c(C(C)(C)O)s1. The molecule has 0 aliphatic carbocycles. The standard InChI is InChI=1S/C8H11BrOS/c1-5-4-6(9)7(11-5)8(2,3)10/h4,10H,1-3H3. The Morgan fingerprint density at radius 2 is 2.09 bits per heavy atom. The molecule has 1 rings (SSSR count). The third-order valence-corrected chi connectivity index (χ3v) is 3.62. The summed E-state index contributed by atoms with van der Waals surface area (Å²) in [6.45, 7) is 5.62. The third kappa shape index (κ3) is 2.04. The summed E-state index contributed by atoms with van der Waals surface area (Å²) < 4.78 is 1.01. The van der Waals surface area contributed by atoms with E-state index in [1.54, 1.807) is 25.2 Å². The van der Waals surface area contributed by atoms with E-state index in [-0.39, 0.29) is 0 Å². The van der Waals surface area contributed by atoms with E-state index in [1.165, 1.54) is 4.88 Å². The maximum Gasteiger partial charge on any atom is 0.0943 e. The maximum absolute atomic E-state index is 9.66. The lowest BCUT2D eigenvalue weighted by Gasteiger charge is -2.15. The molecule has 0 atom stereocenters. The summed E-state index contributed by atoms with van der Waals surface area (Å²) in [5.41, 5.74) is -0.724. The molecular weight excluding hydrogens is 224 g/mol. The quantitative estimate of drug-likeness (QED) is 0.793. The Balaban J connectivity index is 3.13. The Morgan fingerprint density at radius 3 is 2.27 bits per heavy atom. The van der Waals surface area contributed by atoms with Crippen LogP contribution in [0.1, 0.15) is 23.6 Å². The summed E-state index contributed by atoms with van der Waals surface area (Å²) in [4.78, 5) is 2.21. The molecule has 0 fully saturated rings. The predicted octanol–water partition coefficient (Wildman–Crippen LogP) is 3.05. The average Bonchev–Trinajstić information content (AvgIpc) is 2.08. The molecule has 1 nitrogen and oxygen atoms in total. The number of rotatable bonds is 1. The van der Waals surface area contributed by atoms with Crippen molar-refractivity contribution in [3.8, 4) is 0 Å². The second kappa shape index (κ2) is 2.88. The molecule has 0 bridgehead atoms.